The number of hydrogen-bond donors (Lipinski definition) is 0. The minimum Gasteiger partial charge on any atom is -0.493 e. The first-order valence-corrected chi connectivity index (χ1v) is 13.7. The van der Waals surface area contributed by atoms with E-state index in [-0.39, 0.29) is 29.6 Å². The van der Waals surface area contributed by atoms with E-state index in [1.165, 1.54) is 23.0 Å². The summed E-state index contributed by atoms with van der Waals surface area (Å²) >= 11 is 18.4. The number of carbonyl (C=O) groups is 3. The Balaban J connectivity index is 1.79. The number of carbonyl (C=O) groups excluding carboxylic acids is 3. The van der Waals surface area contributed by atoms with Crippen molar-refractivity contribution in [1.82, 2.24) is 0 Å². The van der Waals surface area contributed by atoms with E-state index in [0.717, 1.165) is 11.1 Å². The lowest BCUT2D eigenvalue weighted by Crippen LogP contribution is -2.57. The fraction of sp³-hybridized carbons (Fsp3) is 0.200. The molecule has 11 heteroatoms. The average Bonchev–Trinajstić information content (AvgIpc) is 2.94. The van der Waals surface area contributed by atoms with E-state index in [1.807, 2.05) is 13.8 Å². The molecule has 1 aliphatic heterocycles. The monoisotopic (exact) mass is 612 g/mol. The highest BCUT2D eigenvalue weighted by Crippen LogP contribution is 2.34. The van der Waals surface area contributed by atoms with E-state index in [9.17, 15) is 14.4 Å². The number of ether oxygens (including phenoxy) is 3. The Labute approximate surface area is 253 Å². The molecule has 41 heavy (non-hydrogen) atoms. The predicted octanol–water partition coefficient (Wildman–Crippen LogP) is 6.31. The summed E-state index contributed by atoms with van der Waals surface area (Å²) in [6, 6.07) is 15.0. The van der Waals surface area contributed by atoms with Crippen molar-refractivity contribution in [1.29, 1.82) is 0 Å². The lowest BCUT2D eigenvalue weighted by atomic mass is 10.0. The van der Waals surface area contributed by atoms with E-state index >= 15 is 0 Å². The smallest absolute Gasteiger partial charge is 0.344 e. The van der Waals surface area contributed by atoms with Crippen LogP contribution in [0.25, 0.3) is 6.08 Å². The summed E-state index contributed by atoms with van der Waals surface area (Å²) in [6.45, 7) is 5.30. The number of methoxy groups -OCH3 is 1. The highest BCUT2D eigenvalue weighted by atomic mass is 35.5. The van der Waals surface area contributed by atoms with Gasteiger partial charge in [-0.25, -0.2) is 4.79 Å². The van der Waals surface area contributed by atoms with Gasteiger partial charge in [-0.3, -0.25) is 19.4 Å². The summed E-state index contributed by atoms with van der Waals surface area (Å²) in [4.78, 5) is 41.9. The fourth-order valence-corrected chi connectivity index (χ4v) is 4.75. The number of aryl methyl sites for hydroxylation is 2. The molecule has 0 bridgehead atoms. The quantitative estimate of drug-likeness (QED) is 0.127. The van der Waals surface area contributed by atoms with Crippen molar-refractivity contribution in [3.63, 3.8) is 0 Å². The maximum absolute atomic E-state index is 13.9. The Kier molecular flexibility index (Phi) is 9.32. The summed E-state index contributed by atoms with van der Waals surface area (Å²) in [5, 5.41) is 0.833. The number of halogens is 2. The molecule has 8 nitrogen and oxygen atoms in total. The summed E-state index contributed by atoms with van der Waals surface area (Å²) < 4.78 is 15.8. The molecule has 1 fully saturated rings. The molecule has 1 aliphatic rings. The molecule has 3 aromatic rings. The Morgan fingerprint density at radius 1 is 0.878 bits per heavy atom. The normalized spacial score (nSPS) is 13.4. The van der Waals surface area contributed by atoms with Crippen molar-refractivity contribution in [2.45, 2.75) is 20.8 Å². The van der Waals surface area contributed by atoms with Crippen LogP contribution in [0, 0.1) is 13.8 Å². The molecule has 0 aliphatic carbocycles. The first-order chi connectivity index (χ1) is 19.5. The van der Waals surface area contributed by atoms with Gasteiger partial charge in [0, 0.05) is 10.0 Å². The van der Waals surface area contributed by atoms with Crippen molar-refractivity contribution < 1.29 is 28.6 Å². The third kappa shape index (κ3) is 6.37. The van der Waals surface area contributed by atoms with E-state index < -0.39 is 17.8 Å². The molecule has 0 N–H and O–H groups in total. The Morgan fingerprint density at radius 3 is 1.93 bits per heavy atom. The van der Waals surface area contributed by atoms with Crippen LogP contribution >= 0.6 is 35.4 Å². The average molecular weight is 614 g/mol. The summed E-state index contributed by atoms with van der Waals surface area (Å²) in [5.41, 5.74) is 2.75. The predicted molar refractivity (Wildman–Crippen MR) is 163 cm³/mol. The molecule has 3 aromatic carbocycles. The number of amides is 2. The highest BCUT2D eigenvalue weighted by Gasteiger charge is 2.41. The van der Waals surface area contributed by atoms with Crippen LogP contribution in [0.4, 0.5) is 11.4 Å². The number of benzene rings is 3. The molecule has 0 unspecified atom stereocenters. The zero-order valence-corrected chi connectivity index (χ0v) is 25.0. The number of anilines is 2. The van der Waals surface area contributed by atoms with Crippen LogP contribution in [0.5, 0.6) is 11.5 Å². The number of hydrogen-bond acceptors (Lipinski definition) is 7. The molecule has 0 atom stereocenters. The molecule has 0 radical (unpaired) electrons. The molecule has 4 rings (SSSR count). The zero-order chi connectivity index (χ0) is 29.8. The van der Waals surface area contributed by atoms with Crippen molar-refractivity contribution >= 4 is 75.8 Å². The number of thiocarbonyl (C=S) groups is 1. The Bertz CT molecular complexity index is 1510. The van der Waals surface area contributed by atoms with Gasteiger partial charge in [0.2, 0.25) is 0 Å². The number of nitrogens with zero attached hydrogens (tertiary/aromatic N) is 2. The maximum atomic E-state index is 13.9. The lowest BCUT2D eigenvalue weighted by Gasteiger charge is -2.36. The topological polar surface area (TPSA) is 85.4 Å². The van der Waals surface area contributed by atoms with Gasteiger partial charge in [0.25, 0.3) is 11.8 Å². The standard InChI is InChI=1S/C30H26Cl2N2O6S/c1-5-39-27(35)16-40-25-11-8-19(13-26(25)38-4)12-22-28(36)33(20-9-6-17(2)23(31)14-20)30(41)34(29(22)37)21-10-7-18(3)24(32)15-21/h6-15H,5,16H2,1-4H3. The van der Waals surface area contributed by atoms with Crippen molar-refractivity contribution in [3.05, 3.63) is 86.9 Å². The van der Waals surface area contributed by atoms with Crippen molar-refractivity contribution in [2.75, 3.05) is 30.1 Å². The molecule has 0 spiro atoms. The summed E-state index contributed by atoms with van der Waals surface area (Å²) in [6.07, 6.45) is 1.44. The second-order valence-electron chi connectivity index (χ2n) is 8.99. The lowest BCUT2D eigenvalue weighted by molar-refractivity contribution is -0.145. The summed E-state index contributed by atoms with van der Waals surface area (Å²) in [7, 11) is 1.44. The maximum Gasteiger partial charge on any atom is 0.344 e. The van der Waals surface area contributed by atoms with Crippen LogP contribution in [0.3, 0.4) is 0 Å². The van der Waals surface area contributed by atoms with Gasteiger partial charge in [-0.2, -0.15) is 0 Å². The minimum atomic E-state index is -0.629. The number of esters is 1. The second kappa shape index (κ2) is 12.7. The third-order valence-corrected chi connectivity index (χ3v) is 7.41. The molecule has 1 saturated heterocycles. The highest BCUT2D eigenvalue weighted by molar-refractivity contribution is 7.81. The first-order valence-electron chi connectivity index (χ1n) is 12.5. The van der Waals surface area contributed by atoms with Crippen LogP contribution in [0.15, 0.2) is 60.2 Å². The largest absolute Gasteiger partial charge is 0.493 e. The first kappa shape index (κ1) is 30.0. The van der Waals surface area contributed by atoms with Crippen LogP contribution in [-0.2, 0) is 19.1 Å². The van der Waals surface area contributed by atoms with Gasteiger partial charge in [0.1, 0.15) is 5.57 Å². The SMILES string of the molecule is CCOC(=O)COc1ccc(C=C2C(=O)N(c3ccc(C)c(Cl)c3)C(=S)N(c3ccc(C)c(Cl)c3)C2=O)cc1OC. The Hall–Kier alpha value is -3.92. The van der Waals surface area contributed by atoms with Gasteiger partial charge >= 0.3 is 5.97 Å². The molecular weight excluding hydrogens is 587 g/mol. The Morgan fingerprint density at radius 2 is 1.44 bits per heavy atom. The fourth-order valence-electron chi connectivity index (χ4n) is 4.03. The molecule has 2 amide bonds. The molecule has 0 aromatic heterocycles. The van der Waals surface area contributed by atoms with E-state index in [0.29, 0.717) is 32.7 Å². The molecule has 1 heterocycles. The zero-order valence-electron chi connectivity index (χ0n) is 22.7. The summed E-state index contributed by atoms with van der Waals surface area (Å²) in [5.74, 6) is -1.20. The van der Waals surface area contributed by atoms with Gasteiger partial charge in [-0.1, -0.05) is 41.4 Å². The molecular formula is C30H26Cl2N2O6S. The second-order valence-corrected chi connectivity index (χ2v) is 10.2. The van der Waals surface area contributed by atoms with Gasteiger partial charge in [-0.15, -0.1) is 0 Å². The third-order valence-electron chi connectivity index (χ3n) is 6.23. The van der Waals surface area contributed by atoms with E-state index in [2.05, 4.69) is 0 Å². The van der Waals surface area contributed by atoms with Crippen LogP contribution in [0.1, 0.15) is 23.6 Å². The van der Waals surface area contributed by atoms with Gasteiger partial charge in [0.05, 0.1) is 25.1 Å². The van der Waals surface area contributed by atoms with Crippen LogP contribution in [-0.4, -0.2) is 43.2 Å². The number of rotatable bonds is 8. The molecule has 0 saturated carbocycles. The van der Waals surface area contributed by atoms with E-state index in [4.69, 9.17) is 49.6 Å². The van der Waals surface area contributed by atoms with Gasteiger partial charge in [-0.05, 0) is 92.2 Å². The van der Waals surface area contributed by atoms with Gasteiger partial charge < -0.3 is 14.2 Å². The van der Waals surface area contributed by atoms with Crippen LogP contribution < -0.4 is 19.3 Å². The minimum absolute atomic E-state index is 0.0442. The van der Waals surface area contributed by atoms with Gasteiger partial charge in [0.15, 0.2) is 23.2 Å². The van der Waals surface area contributed by atoms with E-state index in [1.54, 1.807) is 61.5 Å². The van der Waals surface area contributed by atoms with Crippen molar-refractivity contribution in [2.24, 2.45) is 0 Å². The van der Waals surface area contributed by atoms with Crippen molar-refractivity contribution in [3.8, 4) is 11.5 Å². The molecule has 212 valence electrons. The van der Waals surface area contributed by atoms with Crippen LogP contribution in [0.2, 0.25) is 10.0 Å².